The molecule has 1 fully saturated rings. The topological polar surface area (TPSA) is 200 Å². The fourth-order valence-electron chi connectivity index (χ4n) is 6.70. The summed E-state index contributed by atoms with van der Waals surface area (Å²) in [5.41, 5.74) is 0. The lowest BCUT2D eigenvalue weighted by Crippen LogP contribution is -2.51. The maximum atomic E-state index is 13.2. The number of aliphatic carboxylic acids is 3. The zero-order valence-corrected chi connectivity index (χ0v) is 33.4. The van der Waals surface area contributed by atoms with Crippen molar-refractivity contribution in [3.8, 4) is 0 Å². The van der Waals surface area contributed by atoms with Crippen LogP contribution in [0, 0.1) is 0 Å². The van der Waals surface area contributed by atoms with Crippen molar-refractivity contribution in [3.63, 3.8) is 0 Å². The van der Waals surface area contributed by atoms with E-state index in [4.69, 9.17) is 0 Å². The Morgan fingerprint density at radius 3 is 1.24 bits per heavy atom. The van der Waals surface area contributed by atoms with Gasteiger partial charge in [-0.25, -0.2) is 0 Å². The van der Waals surface area contributed by atoms with Gasteiger partial charge in [0.25, 0.3) is 0 Å². The Morgan fingerprint density at radius 1 is 0.500 bits per heavy atom. The van der Waals surface area contributed by atoms with Crippen molar-refractivity contribution < 1.29 is 44.1 Å². The molecule has 0 radical (unpaired) electrons. The average Bonchev–Trinajstić information content (AvgIpc) is 3.10. The third-order valence-electron chi connectivity index (χ3n) is 9.95. The van der Waals surface area contributed by atoms with E-state index >= 15 is 0 Å². The normalized spacial score (nSPS) is 16.2. The highest BCUT2D eigenvalue weighted by Crippen LogP contribution is 2.13. The van der Waals surface area contributed by atoms with Gasteiger partial charge in [0.2, 0.25) is 11.8 Å². The first-order valence-electron chi connectivity index (χ1n) is 20.5. The molecule has 1 aliphatic heterocycles. The minimum Gasteiger partial charge on any atom is -0.480 e. The molecular weight excluding hydrogens is 696 g/mol. The highest BCUT2D eigenvalue weighted by atomic mass is 16.4. The highest BCUT2D eigenvalue weighted by Gasteiger charge is 2.23. The fourth-order valence-corrected chi connectivity index (χ4v) is 6.70. The van der Waals surface area contributed by atoms with Crippen molar-refractivity contribution in [1.82, 2.24) is 30.2 Å². The number of amides is 2. The number of carboxylic acid groups (broad SMARTS) is 3. The first kappa shape index (κ1) is 48.9. The van der Waals surface area contributed by atoms with Gasteiger partial charge in [0.15, 0.2) is 5.78 Å². The van der Waals surface area contributed by atoms with Crippen molar-refractivity contribution in [1.29, 1.82) is 0 Å². The molecule has 0 aromatic heterocycles. The smallest absolute Gasteiger partial charge is 0.317 e. The molecule has 15 heteroatoms. The lowest BCUT2D eigenvalue weighted by molar-refractivity contribution is -0.140. The van der Waals surface area contributed by atoms with Gasteiger partial charge in [-0.3, -0.25) is 48.4 Å². The summed E-state index contributed by atoms with van der Waals surface area (Å²) >= 11 is 0. The fraction of sp³-hybridized carbons (Fsp3) is 0.846. The highest BCUT2D eigenvalue weighted by molar-refractivity contribution is 5.88. The van der Waals surface area contributed by atoms with Gasteiger partial charge in [-0.1, -0.05) is 84.0 Å². The van der Waals surface area contributed by atoms with Gasteiger partial charge in [0.1, 0.15) is 0 Å². The molecule has 2 amide bonds. The number of rotatable bonds is 29. The molecule has 0 unspecified atom stereocenters. The minimum atomic E-state index is -1.03. The second kappa shape index (κ2) is 31.1. The molecular formula is C39H72N6O9. The van der Waals surface area contributed by atoms with Crippen LogP contribution in [0.2, 0.25) is 0 Å². The summed E-state index contributed by atoms with van der Waals surface area (Å²) in [6, 6.07) is -0.682. The Bertz CT molecular complexity index is 1060. The summed E-state index contributed by atoms with van der Waals surface area (Å²) in [6.07, 6.45) is 18.6. The molecule has 1 atom stereocenters. The van der Waals surface area contributed by atoms with E-state index in [1.165, 1.54) is 77.6 Å². The number of hydrogen-bond acceptors (Lipinski definition) is 10. The number of ketones is 1. The predicted molar refractivity (Wildman–Crippen MR) is 208 cm³/mol. The van der Waals surface area contributed by atoms with Crippen LogP contribution in [0.15, 0.2) is 0 Å². The van der Waals surface area contributed by atoms with Gasteiger partial charge in [0.05, 0.1) is 32.2 Å². The largest absolute Gasteiger partial charge is 0.480 e. The second-order valence-corrected chi connectivity index (χ2v) is 14.9. The van der Waals surface area contributed by atoms with Crippen molar-refractivity contribution in [3.05, 3.63) is 0 Å². The van der Waals surface area contributed by atoms with Crippen LogP contribution in [0.1, 0.15) is 123 Å². The van der Waals surface area contributed by atoms with Gasteiger partial charge < -0.3 is 26.0 Å². The van der Waals surface area contributed by atoms with E-state index < -0.39 is 23.9 Å². The summed E-state index contributed by atoms with van der Waals surface area (Å²) in [5, 5.41) is 34.0. The zero-order valence-electron chi connectivity index (χ0n) is 33.4. The number of carbonyl (C=O) groups is 6. The molecule has 1 heterocycles. The maximum Gasteiger partial charge on any atom is 0.317 e. The van der Waals surface area contributed by atoms with Crippen LogP contribution in [0.4, 0.5) is 0 Å². The van der Waals surface area contributed by atoms with Crippen molar-refractivity contribution in [2.24, 2.45) is 0 Å². The van der Waals surface area contributed by atoms with Crippen LogP contribution >= 0.6 is 0 Å². The number of Topliss-reactive ketones (excluding diaryl/α,β-unsaturated/α-hetero) is 1. The SMILES string of the molecule is CCCCCCCCCCCCCCCC(=O)NCCCC[C@@H](NC(=O)CN1CCN(CC(=O)O)CCN(CC(=O)O)CCN(CC(=O)O)CC1)C(C)=O. The van der Waals surface area contributed by atoms with Crippen LogP contribution in [0.5, 0.6) is 0 Å². The summed E-state index contributed by atoms with van der Waals surface area (Å²) in [5.74, 6) is -3.57. The van der Waals surface area contributed by atoms with Crippen LogP contribution in [-0.2, 0) is 28.8 Å². The molecule has 0 bridgehead atoms. The summed E-state index contributed by atoms with van der Waals surface area (Å²) in [6.45, 7) is 5.70. The molecule has 312 valence electrons. The van der Waals surface area contributed by atoms with Crippen molar-refractivity contribution in [2.75, 3.05) is 85.1 Å². The number of unbranched alkanes of at least 4 members (excludes halogenated alkanes) is 13. The quantitative estimate of drug-likeness (QED) is 0.0696. The van der Waals surface area contributed by atoms with Crippen LogP contribution < -0.4 is 10.6 Å². The Morgan fingerprint density at radius 2 is 0.870 bits per heavy atom. The monoisotopic (exact) mass is 769 g/mol. The van der Waals surface area contributed by atoms with E-state index in [2.05, 4.69) is 17.6 Å². The number of carboxylic acids is 3. The molecule has 54 heavy (non-hydrogen) atoms. The summed E-state index contributed by atoms with van der Waals surface area (Å²) in [4.78, 5) is 79.2. The molecule has 1 aliphatic rings. The third-order valence-corrected chi connectivity index (χ3v) is 9.95. The van der Waals surface area contributed by atoms with E-state index in [1.54, 1.807) is 14.7 Å². The molecule has 15 nitrogen and oxygen atoms in total. The lowest BCUT2D eigenvalue weighted by Gasteiger charge is -2.33. The standard InChI is InChI=1S/C39H72N6O9/c1-3-4-5-6-7-8-9-10-11-12-13-14-15-19-35(47)40-20-17-16-18-34(33(2)46)41-36(48)29-42-21-23-43(30-37(49)50)25-27-45(32-39(53)54)28-26-44(24-22-42)31-38(51)52/h34H,3-32H2,1-2H3,(H,40,47)(H,41,48)(H,49,50)(H,51,52)(H,53,54)/t34-/m1/s1. The molecule has 0 spiro atoms. The van der Waals surface area contributed by atoms with Crippen LogP contribution in [0.25, 0.3) is 0 Å². The van der Waals surface area contributed by atoms with Crippen molar-refractivity contribution in [2.45, 2.75) is 129 Å². The maximum absolute atomic E-state index is 13.2. The molecule has 0 saturated carbocycles. The molecule has 5 N–H and O–H groups in total. The molecule has 1 rings (SSSR count). The zero-order chi connectivity index (χ0) is 40.0. The number of nitrogens with one attached hydrogen (secondary N) is 2. The molecule has 0 aromatic rings. The van der Waals surface area contributed by atoms with Gasteiger partial charge in [0, 0.05) is 65.3 Å². The van der Waals surface area contributed by atoms with Gasteiger partial charge in [-0.2, -0.15) is 0 Å². The number of nitrogens with zero attached hydrogens (tertiary/aromatic N) is 4. The van der Waals surface area contributed by atoms with E-state index in [9.17, 15) is 44.1 Å². The van der Waals surface area contributed by atoms with E-state index in [0.29, 0.717) is 58.4 Å². The van der Waals surface area contributed by atoms with Crippen molar-refractivity contribution >= 4 is 35.5 Å². The van der Waals surface area contributed by atoms with E-state index in [-0.39, 0.29) is 70.0 Å². The van der Waals surface area contributed by atoms with Crippen LogP contribution in [-0.4, -0.2) is 162 Å². The van der Waals surface area contributed by atoms with Gasteiger partial charge in [-0.05, 0) is 32.6 Å². The minimum absolute atomic E-state index is 0.0435. The lowest BCUT2D eigenvalue weighted by atomic mass is 10.0. The Kier molecular flexibility index (Phi) is 28.2. The summed E-state index contributed by atoms with van der Waals surface area (Å²) < 4.78 is 0. The molecule has 0 aliphatic carbocycles. The van der Waals surface area contributed by atoms with Gasteiger partial charge in [-0.15, -0.1) is 0 Å². The van der Waals surface area contributed by atoms with Gasteiger partial charge >= 0.3 is 17.9 Å². The Labute approximate surface area is 323 Å². The average molecular weight is 769 g/mol. The van der Waals surface area contributed by atoms with E-state index in [0.717, 1.165) is 12.8 Å². The Hall–Kier alpha value is -3.14. The number of hydrogen-bond donors (Lipinski definition) is 5. The van der Waals surface area contributed by atoms with E-state index in [1.807, 2.05) is 4.90 Å². The number of carbonyl (C=O) groups excluding carboxylic acids is 3. The first-order chi connectivity index (χ1) is 25.9. The molecule has 0 aromatic carbocycles. The molecule has 1 saturated heterocycles. The summed E-state index contributed by atoms with van der Waals surface area (Å²) in [7, 11) is 0. The first-order valence-corrected chi connectivity index (χ1v) is 20.5. The Balaban J connectivity index is 2.47. The van der Waals surface area contributed by atoms with Crippen LogP contribution in [0.3, 0.4) is 0 Å². The third kappa shape index (κ3) is 27.4. The second-order valence-electron chi connectivity index (χ2n) is 14.9. The predicted octanol–water partition coefficient (Wildman–Crippen LogP) is 3.30.